The van der Waals surface area contributed by atoms with Gasteiger partial charge in [-0.25, -0.2) is 0 Å². The predicted octanol–water partition coefficient (Wildman–Crippen LogP) is 9.51. The molecule has 1 N–H and O–H groups in total. The molecule has 0 unspecified atom stereocenters. The van der Waals surface area contributed by atoms with Crippen molar-refractivity contribution >= 4 is 0 Å². The molecule has 1 rings (SSSR count). The van der Waals surface area contributed by atoms with Crippen LogP contribution in [-0.2, 0) is 25.7 Å². The maximum absolute atomic E-state index is 3.99. The van der Waals surface area contributed by atoms with Crippen LogP contribution >= 0.6 is 0 Å². The SMILES string of the molecule is CCCCCCc1[nH]c(CCCCCC)c(CCCCCC)c1CCCCCC. The Morgan fingerprint density at radius 1 is 0.379 bits per heavy atom. The van der Waals surface area contributed by atoms with Crippen LogP contribution in [0.15, 0.2) is 0 Å². The number of H-pyrrole nitrogens is 1. The molecule has 1 aromatic heterocycles. The molecule has 1 nitrogen and oxygen atoms in total. The summed E-state index contributed by atoms with van der Waals surface area (Å²) in [5.74, 6) is 0. The molecule has 0 radical (unpaired) electrons. The van der Waals surface area contributed by atoms with Crippen molar-refractivity contribution in [3.63, 3.8) is 0 Å². The molecule has 1 heteroatoms. The summed E-state index contributed by atoms with van der Waals surface area (Å²) in [7, 11) is 0. The van der Waals surface area contributed by atoms with E-state index in [2.05, 4.69) is 32.7 Å². The lowest BCUT2D eigenvalue weighted by atomic mass is 9.94. The van der Waals surface area contributed by atoms with E-state index in [1.165, 1.54) is 128 Å². The van der Waals surface area contributed by atoms with Crippen molar-refractivity contribution in [1.29, 1.82) is 0 Å². The molecule has 0 saturated heterocycles. The average Bonchev–Trinajstić information content (AvgIpc) is 3.05. The molecule has 0 aliphatic carbocycles. The van der Waals surface area contributed by atoms with Gasteiger partial charge in [-0.05, 0) is 62.5 Å². The van der Waals surface area contributed by atoms with E-state index >= 15 is 0 Å². The molecule has 0 spiro atoms. The van der Waals surface area contributed by atoms with Gasteiger partial charge in [-0.1, -0.05) is 105 Å². The summed E-state index contributed by atoms with van der Waals surface area (Å²) in [6.07, 6.45) is 27.2. The molecule has 0 atom stereocenters. The van der Waals surface area contributed by atoms with Gasteiger partial charge in [0.05, 0.1) is 0 Å². The Hall–Kier alpha value is -0.720. The standard InChI is InChI=1S/C28H53N/c1-5-9-13-17-21-25-26(22-18-14-10-6-2)28(24-20-16-12-8-4)29-27(25)23-19-15-11-7-3/h29H,5-24H2,1-4H3. The summed E-state index contributed by atoms with van der Waals surface area (Å²) >= 11 is 0. The fourth-order valence-electron chi connectivity index (χ4n) is 4.64. The van der Waals surface area contributed by atoms with E-state index in [9.17, 15) is 0 Å². The summed E-state index contributed by atoms with van der Waals surface area (Å²) in [6, 6.07) is 0. The first-order valence-electron chi connectivity index (χ1n) is 13.5. The maximum atomic E-state index is 3.99. The zero-order valence-corrected chi connectivity index (χ0v) is 20.6. The van der Waals surface area contributed by atoms with Gasteiger partial charge in [-0.3, -0.25) is 0 Å². The number of nitrogens with one attached hydrogen (secondary N) is 1. The van der Waals surface area contributed by atoms with Crippen molar-refractivity contribution in [3.8, 4) is 0 Å². The molecule has 0 fully saturated rings. The summed E-state index contributed by atoms with van der Waals surface area (Å²) < 4.78 is 0. The van der Waals surface area contributed by atoms with Crippen LogP contribution in [0.4, 0.5) is 0 Å². The lowest BCUT2D eigenvalue weighted by Crippen LogP contribution is -1.99. The normalized spacial score (nSPS) is 11.4. The first kappa shape index (κ1) is 26.3. The van der Waals surface area contributed by atoms with Gasteiger partial charge < -0.3 is 4.98 Å². The molecule has 1 heterocycles. The van der Waals surface area contributed by atoms with Gasteiger partial charge in [0, 0.05) is 11.4 Å². The monoisotopic (exact) mass is 403 g/mol. The Labute approximate surface area is 183 Å². The van der Waals surface area contributed by atoms with E-state index in [1.54, 1.807) is 22.5 Å². The molecule has 170 valence electrons. The van der Waals surface area contributed by atoms with Crippen molar-refractivity contribution < 1.29 is 0 Å². The van der Waals surface area contributed by atoms with Crippen molar-refractivity contribution in [2.75, 3.05) is 0 Å². The largest absolute Gasteiger partial charge is 0.362 e. The molecular weight excluding hydrogens is 350 g/mol. The summed E-state index contributed by atoms with van der Waals surface area (Å²) in [5.41, 5.74) is 6.74. The van der Waals surface area contributed by atoms with Crippen LogP contribution in [0.1, 0.15) is 153 Å². The van der Waals surface area contributed by atoms with Crippen molar-refractivity contribution in [1.82, 2.24) is 4.98 Å². The highest BCUT2D eigenvalue weighted by atomic mass is 14.7. The van der Waals surface area contributed by atoms with E-state index in [-0.39, 0.29) is 0 Å². The van der Waals surface area contributed by atoms with Crippen molar-refractivity contribution in [2.24, 2.45) is 0 Å². The third-order valence-corrected chi connectivity index (χ3v) is 6.52. The molecule has 29 heavy (non-hydrogen) atoms. The van der Waals surface area contributed by atoms with Gasteiger partial charge in [0.2, 0.25) is 0 Å². The fraction of sp³-hybridized carbons (Fsp3) is 0.857. The maximum Gasteiger partial charge on any atom is 0.0184 e. The Bertz CT molecular complexity index is 442. The zero-order valence-electron chi connectivity index (χ0n) is 20.6. The lowest BCUT2D eigenvalue weighted by molar-refractivity contribution is 0.639. The molecule has 0 bridgehead atoms. The second kappa shape index (κ2) is 18.1. The van der Waals surface area contributed by atoms with Crippen LogP contribution in [0.25, 0.3) is 0 Å². The number of unbranched alkanes of at least 4 members (excludes halogenated alkanes) is 12. The second-order valence-corrected chi connectivity index (χ2v) is 9.28. The molecular formula is C28H53N. The van der Waals surface area contributed by atoms with E-state index in [4.69, 9.17) is 0 Å². The highest BCUT2D eigenvalue weighted by Gasteiger charge is 2.16. The topological polar surface area (TPSA) is 15.8 Å². The highest BCUT2D eigenvalue weighted by Crippen LogP contribution is 2.27. The number of aryl methyl sites for hydroxylation is 2. The van der Waals surface area contributed by atoms with E-state index in [0.717, 1.165) is 0 Å². The number of rotatable bonds is 20. The van der Waals surface area contributed by atoms with Crippen LogP contribution < -0.4 is 0 Å². The molecule has 0 aromatic carbocycles. The van der Waals surface area contributed by atoms with Gasteiger partial charge in [0.1, 0.15) is 0 Å². The zero-order chi connectivity index (χ0) is 21.2. The van der Waals surface area contributed by atoms with Crippen LogP contribution in [0.2, 0.25) is 0 Å². The van der Waals surface area contributed by atoms with E-state index in [1.807, 2.05) is 0 Å². The molecule has 0 aliphatic heterocycles. The molecule has 0 aliphatic rings. The van der Waals surface area contributed by atoms with E-state index in [0.29, 0.717) is 0 Å². The molecule has 0 saturated carbocycles. The minimum atomic E-state index is 1.28. The summed E-state index contributed by atoms with van der Waals surface area (Å²) in [5, 5.41) is 0. The quantitative estimate of drug-likeness (QED) is 0.209. The smallest absolute Gasteiger partial charge is 0.0184 e. The van der Waals surface area contributed by atoms with Gasteiger partial charge in [0.25, 0.3) is 0 Å². The Kier molecular flexibility index (Phi) is 16.4. The van der Waals surface area contributed by atoms with Crippen molar-refractivity contribution in [2.45, 2.75) is 156 Å². The van der Waals surface area contributed by atoms with Gasteiger partial charge in [-0.2, -0.15) is 0 Å². The second-order valence-electron chi connectivity index (χ2n) is 9.28. The Morgan fingerprint density at radius 3 is 1.00 bits per heavy atom. The summed E-state index contributed by atoms with van der Waals surface area (Å²) in [4.78, 5) is 3.99. The van der Waals surface area contributed by atoms with Crippen LogP contribution in [0, 0.1) is 0 Å². The van der Waals surface area contributed by atoms with Crippen LogP contribution in [0.5, 0.6) is 0 Å². The number of hydrogen-bond acceptors (Lipinski definition) is 0. The predicted molar refractivity (Wildman–Crippen MR) is 132 cm³/mol. The molecule has 1 aromatic rings. The molecule has 0 amide bonds. The number of aromatic amines is 1. The first-order chi connectivity index (χ1) is 14.3. The third-order valence-electron chi connectivity index (χ3n) is 6.52. The third kappa shape index (κ3) is 11.3. The minimum absolute atomic E-state index is 1.28. The number of aromatic nitrogens is 1. The van der Waals surface area contributed by atoms with Gasteiger partial charge >= 0.3 is 0 Å². The Balaban J connectivity index is 2.89. The highest BCUT2D eigenvalue weighted by molar-refractivity contribution is 5.38. The lowest BCUT2D eigenvalue weighted by Gasteiger charge is -2.10. The fourth-order valence-corrected chi connectivity index (χ4v) is 4.64. The van der Waals surface area contributed by atoms with Crippen LogP contribution in [-0.4, -0.2) is 4.98 Å². The number of hydrogen-bond donors (Lipinski definition) is 1. The van der Waals surface area contributed by atoms with E-state index < -0.39 is 0 Å². The average molecular weight is 404 g/mol. The van der Waals surface area contributed by atoms with Crippen LogP contribution in [0.3, 0.4) is 0 Å². The Morgan fingerprint density at radius 2 is 0.690 bits per heavy atom. The first-order valence-corrected chi connectivity index (χ1v) is 13.5. The van der Waals surface area contributed by atoms with Gasteiger partial charge in [0.15, 0.2) is 0 Å². The van der Waals surface area contributed by atoms with Crippen molar-refractivity contribution in [3.05, 3.63) is 22.5 Å². The summed E-state index contributed by atoms with van der Waals surface area (Å²) in [6.45, 7) is 9.28. The van der Waals surface area contributed by atoms with Gasteiger partial charge in [-0.15, -0.1) is 0 Å². The minimum Gasteiger partial charge on any atom is -0.362 e.